The van der Waals surface area contributed by atoms with Crippen molar-refractivity contribution in [1.82, 2.24) is 31.5 Å². The van der Waals surface area contributed by atoms with Gasteiger partial charge >= 0.3 is 11.9 Å². The molecule has 24 heteroatoms. The summed E-state index contributed by atoms with van der Waals surface area (Å²) in [7, 11) is 0. The topological polar surface area (TPSA) is 421 Å². The van der Waals surface area contributed by atoms with E-state index in [2.05, 4.69) is 36.6 Å². The number of carbonyl (C=O) groups is 8. The van der Waals surface area contributed by atoms with Gasteiger partial charge in [0.2, 0.25) is 35.4 Å². The predicted octanol–water partition coefficient (Wildman–Crippen LogP) is -2.99. The molecule has 1 aliphatic heterocycles. The third kappa shape index (κ3) is 22.0. The molecule has 1 heterocycles. The van der Waals surface area contributed by atoms with Crippen molar-refractivity contribution < 1.29 is 48.6 Å². The molecule has 1 aliphatic rings. The van der Waals surface area contributed by atoms with E-state index in [-0.39, 0.29) is 108 Å². The highest BCUT2D eigenvalue weighted by molar-refractivity contribution is 5.97. The zero-order valence-electron chi connectivity index (χ0n) is 37.7. The van der Waals surface area contributed by atoms with Crippen molar-refractivity contribution in [2.24, 2.45) is 56.2 Å². The molecule has 364 valence electrons. The summed E-state index contributed by atoms with van der Waals surface area (Å²) >= 11 is 0. The van der Waals surface area contributed by atoms with Crippen LogP contribution in [0.15, 0.2) is 9.98 Å². The van der Waals surface area contributed by atoms with Gasteiger partial charge in [-0.05, 0) is 95.4 Å². The van der Waals surface area contributed by atoms with Gasteiger partial charge < -0.3 is 76.1 Å². The maximum Gasteiger partial charge on any atom is 0.326 e. The summed E-state index contributed by atoms with van der Waals surface area (Å²) in [6.07, 6.45) is 1.89. The second-order valence-electron chi connectivity index (χ2n) is 16.8. The number of likely N-dealkylation sites (tertiary alicyclic amines) is 1. The van der Waals surface area contributed by atoms with Crippen LogP contribution in [-0.2, 0) is 38.4 Å². The Labute approximate surface area is 374 Å². The fraction of sp³-hybridized carbons (Fsp3) is 0.750. The summed E-state index contributed by atoms with van der Waals surface area (Å²) in [5.74, 6) is -7.15. The predicted molar refractivity (Wildman–Crippen MR) is 239 cm³/mol. The highest BCUT2D eigenvalue weighted by Gasteiger charge is 2.40. The van der Waals surface area contributed by atoms with Crippen molar-refractivity contribution in [2.45, 2.75) is 153 Å². The average molecular weight is 911 g/mol. The van der Waals surface area contributed by atoms with E-state index in [9.17, 15) is 43.5 Å². The van der Waals surface area contributed by atoms with Gasteiger partial charge in [0.15, 0.2) is 11.9 Å². The minimum atomic E-state index is -1.26. The Bertz CT molecular complexity index is 1620. The molecule has 0 aromatic heterocycles. The number of hydrogen-bond donors (Lipinski definition) is 13. The lowest BCUT2D eigenvalue weighted by Crippen LogP contribution is -2.59. The smallest absolute Gasteiger partial charge is 0.326 e. The molecule has 0 aromatic rings. The molecule has 64 heavy (non-hydrogen) atoms. The fourth-order valence-corrected chi connectivity index (χ4v) is 6.97. The van der Waals surface area contributed by atoms with E-state index in [0.29, 0.717) is 25.8 Å². The molecule has 1 fully saturated rings. The Hall–Kier alpha value is -5.78. The molecule has 0 bridgehead atoms. The van der Waals surface area contributed by atoms with Crippen LogP contribution in [-0.4, -0.2) is 143 Å². The van der Waals surface area contributed by atoms with E-state index < -0.39 is 89.7 Å². The lowest BCUT2D eigenvalue weighted by molar-refractivity contribution is -0.144. The van der Waals surface area contributed by atoms with Crippen LogP contribution in [0, 0.1) is 11.8 Å². The third-order valence-corrected chi connectivity index (χ3v) is 10.2. The summed E-state index contributed by atoms with van der Waals surface area (Å²) in [4.78, 5) is 115. The summed E-state index contributed by atoms with van der Waals surface area (Å²) < 4.78 is 0. The number of unbranched alkanes of at least 4 members (excludes halogenated alkanes) is 1. The van der Waals surface area contributed by atoms with Crippen LogP contribution >= 0.6 is 0 Å². The van der Waals surface area contributed by atoms with Gasteiger partial charge in [-0.2, -0.15) is 0 Å². The average Bonchev–Trinajstić information content (AvgIpc) is 3.70. The Kier molecular flexibility index (Phi) is 26.0. The third-order valence-electron chi connectivity index (χ3n) is 10.2. The quantitative estimate of drug-likeness (QED) is 0.0187. The molecule has 0 aliphatic carbocycles. The van der Waals surface area contributed by atoms with Crippen LogP contribution in [0.3, 0.4) is 0 Å². The SMILES string of the molecule is CC(C)C[C@H](NC(=O)[C@H](CCCN=C(N)N)NC(=O)[C@@H]1CCCN1C(=O)[C@H](CCCCN)NC(=O)[C@H](CCCN=C(N)N)NC(=O)[C@H](CC(C)C)NC(=O)[C@@H](N)CCC(=O)O)C(=O)O. The first-order chi connectivity index (χ1) is 30.1. The van der Waals surface area contributed by atoms with Gasteiger partial charge in [0.25, 0.3) is 0 Å². The van der Waals surface area contributed by atoms with Crippen molar-refractivity contribution in [3.63, 3.8) is 0 Å². The number of guanidine groups is 2. The summed E-state index contributed by atoms with van der Waals surface area (Å²) in [5, 5.41) is 32.0. The highest BCUT2D eigenvalue weighted by atomic mass is 16.4. The molecule has 1 saturated heterocycles. The van der Waals surface area contributed by atoms with Gasteiger partial charge in [0.1, 0.15) is 36.3 Å². The van der Waals surface area contributed by atoms with Gasteiger partial charge in [0.05, 0.1) is 6.04 Å². The van der Waals surface area contributed by atoms with Crippen LogP contribution in [0.5, 0.6) is 0 Å². The van der Waals surface area contributed by atoms with Crippen LogP contribution in [0.25, 0.3) is 0 Å². The molecule has 0 radical (unpaired) electrons. The molecule has 6 amide bonds. The number of aliphatic imine (C=N–C) groups is 2. The highest BCUT2D eigenvalue weighted by Crippen LogP contribution is 2.21. The molecule has 0 saturated carbocycles. The zero-order chi connectivity index (χ0) is 48.5. The number of aliphatic carboxylic acids is 2. The first kappa shape index (κ1) is 56.2. The first-order valence-corrected chi connectivity index (χ1v) is 21.9. The monoisotopic (exact) mass is 911 g/mol. The molecule has 7 atom stereocenters. The van der Waals surface area contributed by atoms with E-state index in [1.807, 2.05) is 13.8 Å². The van der Waals surface area contributed by atoms with E-state index >= 15 is 0 Å². The summed E-state index contributed by atoms with van der Waals surface area (Å²) in [6.45, 7) is 7.88. The number of amides is 6. The summed E-state index contributed by atoms with van der Waals surface area (Å²) in [5.41, 5.74) is 33.5. The molecular formula is C40H74N14O10. The second kappa shape index (κ2) is 29.6. The van der Waals surface area contributed by atoms with E-state index in [1.54, 1.807) is 13.8 Å². The number of carboxylic acid groups (broad SMARTS) is 2. The van der Waals surface area contributed by atoms with Crippen LogP contribution in [0.4, 0.5) is 0 Å². The number of carbonyl (C=O) groups excluding carboxylic acids is 6. The molecule has 0 aromatic carbocycles. The second-order valence-corrected chi connectivity index (χ2v) is 16.8. The minimum Gasteiger partial charge on any atom is -0.481 e. The van der Waals surface area contributed by atoms with Crippen LogP contribution in [0.2, 0.25) is 0 Å². The van der Waals surface area contributed by atoms with Gasteiger partial charge in [0, 0.05) is 26.1 Å². The zero-order valence-corrected chi connectivity index (χ0v) is 37.7. The Balaban J connectivity index is 3.43. The molecule has 24 nitrogen and oxygen atoms in total. The minimum absolute atomic E-state index is 0.000178. The first-order valence-electron chi connectivity index (χ1n) is 21.9. The molecule has 0 unspecified atom stereocenters. The standard InChI is InChI=1S/C40H74N14O10/c1-22(2)20-28(52-32(57)24(42)14-15-31(55)56)35(60)49-25(11-7-17-47-39(43)44)33(58)51-27(10-5-6-16-41)37(62)54-19-9-13-30(54)36(61)50-26(12-8-18-48-40(45)46)34(59)53-29(38(63)64)21-23(3)4/h22-30H,5-21,41-42H2,1-4H3,(H,49,60)(H,50,61)(H,51,58)(H,52,57)(H,53,59)(H,55,56)(H,63,64)(H4,43,44,47)(H4,45,46,48)/t24-,25-,26-,27-,28-,29-,30-/m0/s1. The van der Waals surface area contributed by atoms with Gasteiger partial charge in [-0.1, -0.05) is 27.7 Å². The number of carboxylic acids is 2. The largest absolute Gasteiger partial charge is 0.481 e. The summed E-state index contributed by atoms with van der Waals surface area (Å²) in [6, 6.07) is -8.31. The number of hydrogen-bond acceptors (Lipinski definition) is 12. The van der Waals surface area contributed by atoms with Crippen molar-refractivity contribution in [2.75, 3.05) is 26.2 Å². The molecule has 1 rings (SSSR count). The normalized spacial score (nSPS) is 16.3. The Morgan fingerprint density at radius 2 is 1.09 bits per heavy atom. The Morgan fingerprint density at radius 3 is 1.59 bits per heavy atom. The van der Waals surface area contributed by atoms with Crippen molar-refractivity contribution in [3.05, 3.63) is 0 Å². The van der Waals surface area contributed by atoms with Crippen LogP contribution < -0.4 is 61.0 Å². The van der Waals surface area contributed by atoms with Gasteiger partial charge in [-0.3, -0.25) is 43.5 Å². The lowest BCUT2D eigenvalue weighted by atomic mass is 10.0. The molecule has 0 spiro atoms. The molecule has 19 N–H and O–H groups in total. The van der Waals surface area contributed by atoms with E-state index in [1.165, 1.54) is 4.90 Å². The van der Waals surface area contributed by atoms with Crippen molar-refractivity contribution in [3.8, 4) is 0 Å². The van der Waals surface area contributed by atoms with Crippen molar-refractivity contribution >= 4 is 59.3 Å². The lowest BCUT2D eigenvalue weighted by Gasteiger charge is -2.31. The van der Waals surface area contributed by atoms with Gasteiger partial charge in [-0.15, -0.1) is 0 Å². The van der Waals surface area contributed by atoms with E-state index in [0.717, 1.165) is 0 Å². The number of nitrogens with one attached hydrogen (secondary N) is 5. The Morgan fingerprint density at radius 1 is 0.625 bits per heavy atom. The van der Waals surface area contributed by atoms with Gasteiger partial charge in [-0.25, -0.2) is 4.79 Å². The van der Waals surface area contributed by atoms with E-state index in [4.69, 9.17) is 39.5 Å². The number of nitrogens with two attached hydrogens (primary N) is 6. The van der Waals surface area contributed by atoms with Crippen molar-refractivity contribution in [1.29, 1.82) is 0 Å². The number of nitrogens with zero attached hydrogens (tertiary/aromatic N) is 3. The maximum atomic E-state index is 14.4. The fourth-order valence-electron chi connectivity index (χ4n) is 6.97. The number of rotatable bonds is 31. The maximum absolute atomic E-state index is 14.4. The van der Waals surface area contributed by atoms with Crippen LogP contribution in [0.1, 0.15) is 111 Å². The molecular weight excluding hydrogens is 837 g/mol.